The van der Waals surface area contributed by atoms with Crippen LogP contribution < -0.4 is 5.32 Å². The molecule has 1 aromatic heterocycles. The van der Waals surface area contributed by atoms with Crippen molar-refractivity contribution >= 4 is 22.4 Å². The number of nitrogens with zero attached hydrogens (tertiary/aromatic N) is 2. The van der Waals surface area contributed by atoms with E-state index >= 15 is 0 Å². The number of amides is 1. The highest BCUT2D eigenvalue weighted by atomic mass is 32.1. The quantitative estimate of drug-likeness (QED) is 0.915. The molecule has 0 aliphatic heterocycles. The van der Waals surface area contributed by atoms with E-state index in [4.69, 9.17) is 0 Å². The summed E-state index contributed by atoms with van der Waals surface area (Å²) in [6.45, 7) is 2.02. The molecule has 1 aliphatic rings. The maximum Gasteiger partial charge on any atom is 0.233 e. The standard InChI is InChI=1S/C15H17N3OS/c1-2-12(10-6-4-3-5-7-10)13(19)16-15-18-17-14(20-15)11-8-9-11/h3-7,11-12H,2,8-9H2,1H3,(H,16,18,19)/t12-/m0/s1. The van der Waals surface area contributed by atoms with Crippen LogP contribution in [0, 0.1) is 0 Å². The molecule has 1 aromatic carbocycles. The van der Waals surface area contributed by atoms with Crippen molar-refractivity contribution < 1.29 is 4.79 Å². The molecule has 0 unspecified atom stereocenters. The SMILES string of the molecule is CC[C@H](C(=O)Nc1nnc(C2CC2)s1)c1ccccc1. The van der Waals surface area contributed by atoms with Crippen molar-refractivity contribution in [1.29, 1.82) is 0 Å². The molecule has 1 amide bonds. The van der Waals surface area contributed by atoms with Gasteiger partial charge in [0, 0.05) is 5.92 Å². The fourth-order valence-corrected chi connectivity index (χ4v) is 3.15. The van der Waals surface area contributed by atoms with Gasteiger partial charge in [0.1, 0.15) is 5.01 Å². The number of aromatic nitrogens is 2. The first-order chi connectivity index (χ1) is 9.78. The number of rotatable bonds is 5. The summed E-state index contributed by atoms with van der Waals surface area (Å²) in [4.78, 5) is 12.4. The normalized spacial score (nSPS) is 15.8. The van der Waals surface area contributed by atoms with E-state index in [1.807, 2.05) is 37.3 Å². The second kappa shape index (κ2) is 5.71. The number of anilines is 1. The van der Waals surface area contributed by atoms with Crippen molar-refractivity contribution in [3.63, 3.8) is 0 Å². The molecule has 5 heteroatoms. The number of hydrogen-bond donors (Lipinski definition) is 1. The van der Waals surface area contributed by atoms with E-state index in [-0.39, 0.29) is 11.8 Å². The van der Waals surface area contributed by atoms with Gasteiger partial charge >= 0.3 is 0 Å². The third kappa shape index (κ3) is 2.88. The van der Waals surface area contributed by atoms with Crippen molar-refractivity contribution in [2.45, 2.75) is 38.0 Å². The summed E-state index contributed by atoms with van der Waals surface area (Å²) in [6, 6.07) is 9.86. The van der Waals surface area contributed by atoms with Gasteiger partial charge in [0.25, 0.3) is 0 Å². The summed E-state index contributed by atoms with van der Waals surface area (Å²) in [5, 5.41) is 12.8. The largest absolute Gasteiger partial charge is 0.300 e. The van der Waals surface area contributed by atoms with E-state index in [1.54, 1.807) is 0 Å². The summed E-state index contributed by atoms with van der Waals surface area (Å²) in [7, 11) is 0. The molecule has 1 heterocycles. The zero-order valence-corrected chi connectivity index (χ0v) is 12.2. The molecule has 3 rings (SSSR count). The second-order valence-corrected chi connectivity index (χ2v) is 6.09. The molecule has 4 nitrogen and oxygen atoms in total. The molecule has 2 aromatic rings. The van der Waals surface area contributed by atoms with Crippen LogP contribution in [-0.4, -0.2) is 16.1 Å². The Bertz CT molecular complexity index is 592. The van der Waals surface area contributed by atoms with Gasteiger partial charge < -0.3 is 0 Å². The fourth-order valence-electron chi connectivity index (χ4n) is 2.23. The third-order valence-corrected chi connectivity index (χ3v) is 4.53. The van der Waals surface area contributed by atoms with Crippen LogP contribution in [0.15, 0.2) is 30.3 Å². The van der Waals surface area contributed by atoms with E-state index < -0.39 is 0 Å². The maximum absolute atomic E-state index is 12.4. The van der Waals surface area contributed by atoms with E-state index in [2.05, 4.69) is 15.5 Å². The molecule has 1 fully saturated rings. The zero-order valence-electron chi connectivity index (χ0n) is 11.4. The molecule has 1 atom stereocenters. The van der Waals surface area contributed by atoms with Crippen molar-refractivity contribution in [2.24, 2.45) is 0 Å². The predicted molar refractivity (Wildman–Crippen MR) is 80.0 cm³/mol. The monoisotopic (exact) mass is 287 g/mol. The molecule has 1 aliphatic carbocycles. The third-order valence-electron chi connectivity index (χ3n) is 3.52. The van der Waals surface area contributed by atoms with Crippen LogP contribution in [0.25, 0.3) is 0 Å². The van der Waals surface area contributed by atoms with Crippen LogP contribution in [0.1, 0.15) is 48.6 Å². The maximum atomic E-state index is 12.4. The Hall–Kier alpha value is -1.75. The van der Waals surface area contributed by atoms with Gasteiger partial charge in [-0.15, -0.1) is 10.2 Å². The minimum absolute atomic E-state index is 0.00260. The van der Waals surface area contributed by atoms with Gasteiger partial charge in [-0.1, -0.05) is 48.6 Å². The molecular weight excluding hydrogens is 270 g/mol. The molecule has 0 radical (unpaired) electrons. The highest BCUT2D eigenvalue weighted by Crippen LogP contribution is 2.42. The number of nitrogens with one attached hydrogen (secondary N) is 1. The van der Waals surface area contributed by atoms with Gasteiger partial charge in [-0.25, -0.2) is 0 Å². The Balaban J connectivity index is 1.70. The predicted octanol–water partition coefficient (Wildman–Crippen LogP) is 3.55. The Morgan fingerprint density at radius 1 is 1.35 bits per heavy atom. The number of hydrogen-bond acceptors (Lipinski definition) is 4. The van der Waals surface area contributed by atoms with Crippen molar-refractivity contribution in [3.05, 3.63) is 40.9 Å². The lowest BCUT2D eigenvalue weighted by Crippen LogP contribution is -2.20. The van der Waals surface area contributed by atoms with Gasteiger partial charge in [-0.2, -0.15) is 0 Å². The van der Waals surface area contributed by atoms with Gasteiger partial charge in [-0.05, 0) is 24.8 Å². The van der Waals surface area contributed by atoms with Gasteiger partial charge in [0.05, 0.1) is 5.92 Å². The summed E-state index contributed by atoms with van der Waals surface area (Å²) in [6.07, 6.45) is 3.17. The average molecular weight is 287 g/mol. The Morgan fingerprint density at radius 3 is 2.75 bits per heavy atom. The highest BCUT2D eigenvalue weighted by molar-refractivity contribution is 7.15. The first kappa shape index (κ1) is 13.2. The van der Waals surface area contributed by atoms with Crippen molar-refractivity contribution in [1.82, 2.24) is 10.2 Å². The summed E-state index contributed by atoms with van der Waals surface area (Å²) in [5.74, 6) is 0.441. The molecule has 1 saturated carbocycles. The number of carbonyl (C=O) groups is 1. The van der Waals surface area contributed by atoms with E-state index in [1.165, 1.54) is 24.2 Å². The van der Waals surface area contributed by atoms with Crippen LogP contribution >= 0.6 is 11.3 Å². The summed E-state index contributed by atoms with van der Waals surface area (Å²) < 4.78 is 0. The molecule has 1 N–H and O–H groups in total. The molecule has 20 heavy (non-hydrogen) atoms. The number of benzene rings is 1. The molecule has 0 bridgehead atoms. The van der Waals surface area contributed by atoms with Crippen LogP contribution in [0.3, 0.4) is 0 Å². The highest BCUT2D eigenvalue weighted by Gasteiger charge is 2.28. The summed E-state index contributed by atoms with van der Waals surface area (Å²) in [5.41, 5.74) is 1.04. The van der Waals surface area contributed by atoms with Crippen LogP contribution in [0.4, 0.5) is 5.13 Å². The van der Waals surface area contributed by atoms with E-state index in [9.17, 15) is 4.79 Å². The lowest BCUT2D eigenvalue weighted by Gasteiger charge is -2.13. The Morgan fingerprint density at radius 2 is 2.10 bits per heavy atom. The fraction of sp³-hybridized carbons (Fsp3) is 0.400. The topological polar surface area (TPSA) is 54.9 Å². The lowest BCUT2D eigenvalue weighted by molar-refractivity contribution is -0.117. The zero-order chi connectivity index (χ0) is 13.9. The van der Waals surface area contributed by atoms with Crippen LogP contribution in [-0.2, 0) is 4.79 Å². The second-order valence-electron chi connectivity index (χ2n) is 5.08. The van der Waals surface area contributed by atoms with Crippen molar-refractivity contribution in [2.75, 3.05) is 5.32 Å². The molecule has 104 valence electrons. The Kier molecular flexibility index (Phi) is 3.78. The van der Waals surface area contributed by atoms with Gasteiger partial charge in [0.15, 0.2) is 0 Å². The van der Waals surface area contributed by atoms with Gasteiger partial charge in [0.2, 0.25) is 11.0 Å². The minimum Gasteiger partial charge on any atom is -0.300 e. The van der Waals surface area contributed by atoms with E-state index in [0.29, 0.717) is 11.0 Å². The minimum atomic E-state index is -0.135. The molecule has 0 spiro atoms. The number of carbonyl (C=O) groups excluding carboxylic acids is 1. The average Bonchev–Trinajstić information content (AvgIpc) is 3.22. The summed E-state index contributed by atoms with van der Waals surface area (Å²) >= 11 is 1.50. The smallest absolute Gasteiger partial charge is 0.233 e. The Labute approximate surface area is 122 Å². The molecular formula is C15H17N3OS. The van der Waals surface area contributed by atoms with Crippen LogP contribution in [0.5, 0.6) is 0 Å². The lowest BCUT2D eigenvalue weighted by atomic mass is 9.96. The molecule has 0 saturated heterocycles. The van der Waals surface area contributed by atoms with Crippen LogP contribution in [0.2, 0.25) is 0 Å². The first-order valence-electron chi connectivity index (χ1n) is 6.97. The first-order valence-corrected chi connectivity index (χ1v) is 7.78. The van der Waals surface area contributed by atoms with Gasteiger partial charge in [-0.3, -0.25) is 10.1 Å². The van der Waals surface area contributed by atoms with Crippen molar-refractivity contribution in [3.8, 4) is 0 Å². The van der Waals surface area contributed by atoms with E-state index in [0.717, 1.165) is 17.0 Å².